The van der Waals surface area contributed by atoms with E-state index < -0.39 is 5.83 Å². The number of nitriles is 1. The van der Waals surface area contributed by atoms with E-state index >= 15 is 0 Å². The van der Waals surface area contributed by atoms with Gasteiger partial charge in [-0.05, 0) is 25.5 Å². The van der Waals surface area contributed by atoms with E-state index in [0.717, 1.165) is 0 Å². The van der Waals surface area contributed by atoms with Crippen molar-refractivity contribution in [3.05, 3.63) is 35.7 Å². The molecule has 0 N–H and O–H groups in total. The number of halogens is 1. The molecule has 58 valence electrons. The van der Waals surface area contributed by atoms with E-state index in [-0.39, 0.29) is 0 Å². The first-order valence-corrected chi connectivity index (χ1v) is 3.21. The van der Waals surface area contributed by atoms with Gasteiger partial charge in [0.25, 0.3) is 0 Å². The summed E-state index contributed by atoms with van der Waals surface area (Å²) in [7, 11) is 0. The summed E-state index contributed by atoms with van der Waals surface area (Å²) in [6.07, 6.45) is 2.71. The third-order valence-corrected chi connectivity index (χ3v) is 1.13. The molecule has 0 aromatic carbocycles. The third kappa shape index (κ3) is 3.36. The van der Waals surface area contributed by atoms with Gasteiger partial charge < -0.3 is 0 Å². The van der Waals surface area contributed by atoms with Gasteiger partial charge in [0.1, 0.15) is 5.83 Å². The summed E-state index contributed by atoms with van der Waals surface area (Å²) < 4.78 is 12.7. The van der Waals surface area contributed by atoms with Crippen molar-refractivity contribution in [3.63, 3.8) is 0 Å². The van der Waals surface area contributed by atoms with E-state index in [9.17, 15) is 4.39 Å². The Balaban J connectivity index is 4.58. The zero-order valence-corrected chi connectivity index (χ0v) is 6.69. The molecule has 11 heavy (non-hydrogen) atoms. The van der Waals surface area contributed by atoms with Crippen LogP contribution in [0.3, 0.4) is 0 Å². The molecule has 0 radical (unpaired) electrons. The molecule has 1 nitrogen and oxygen atoms in total. The summed E-state index contributed by atoms with van der Waals surface area (Å²) in [5.74, 6) is -0.445. The van der Waals surface area contributed by atoms with Crippen LogP contribution in [0.2, 0.25) is 0 Å². The normalized spacial score (nSPS) is 12.5. The highest BCUT2D eigenvalue weighted by molar-refractivity contribution is 5.37. The fourth-order valence-corrected chi connectivity index (χ4v) is 0.440. The molecule has 0 aliphatic rings. The molecule has 0 bridgehead atoms. The predicted molar refractivity (Wildman–Crippen MR) is 43.4 cm³/mol. The Bertz CT molecular complexity index is 253. The van der Waals surface area contributed by atoms with Gasteiger partial charge in [-0.2, -0.15) is 5.26 Å². The lowest BCUT2D eigenvalue weighted by Crippen LogP contribution is -1.77. The van der Waals surface area contributed by atoms with Gasteiger partial charge in [0.15, 0.2) is 0 Å². The van der Waals surface area contributed by atoms with Crippen molar-refractivity contribution >= 4 is 0 Å². The maximum atomic E-state index is 12.7. The number of allylic oxidation sites excluding steroid dienone is 5. The fourth-order valence-electron chi connectivity index (χ4n) is 0.440. The Morgan fingerprint density at radius 2 is 2.18 bits per heavy atom. The van der Waals surface area contributed by atoms with Crippen LogP contribution in [0.4, 0.5) is 4.39 Å². The van der Waals surface area contributed by atoms with Crippen LogP contribution in [0.15, 0.2) is 35.7 Å². The largest absolute Gasteiger partial charge is 0.207 e. The average Bonchev–Trinajstić information content (AvgIpc) is 1.99. The quantitative estimate of drug-likeness (QED) is 0.439. The lowest BCUT2D eigenvalue weighted by molar-refractivity contribution is 0.652. The Labute approximate surface area is 66.1 Å². The van der Waals surface area contributed by atoms with E-state index in [1.165, 1.54) is 6.08 Å². The molecule has 0 spiro atoms. The summed E-state index contributed by atoms with van der Waals surface area (Å²) >= 11 is 0. The van der Waals surface area contributed by atoms with Crippen molar-refractivity contribution in [2.45, 2.75) is 13.8 Å². The Hall–Kier alpha value is -1.36. The van der Waals surface area contributed by atoms with Gasteiger partial charge in [-0.15, -0.1) is 0 Å². The predicted octanol–water partition coefficient (Wildman–Crippen LogP) is 2.89. The molecule has 0 aliphatic carbocycles. The second-order valence-electron chi connectivity index (χ2n) is 2.13. The van der Waals surface area contributed by atoms with Gasteiger partial charge in [0, 0.05) is 0 Å². The molecular formula is C9H10FN. The number of hydrogen-bond acceptors (Lipinski definition) is 1. The van der Waals surface area contributed by atoms with Gasteiger partial charge in [0.2, 0.25) is 0 Å². The minimum Gasteiger partial charge on any atom is -0.207 e. The van der Waals surface area contributed by atoms with Crippen LogP contribution in [0.1, 0.15) is 13.8 Å². The van der Waals surface area contributed by atoms with E-state index in [4.69, 9.17) is 5.26 Å². The summed E-state index contributed by atoms with van der Waals surface area (Å²) in [5.41, 5.74) is 0.644. The van der Waals surface area contributed by atoms with Gasteiger partial charge in [-0.25, -0.2) is 4.39 Å². The molecule has 0 unspecified atom stereocenters. The SMILES string of the molecule is C=C(C)C(F)=CC(C#N)=CC. The maximum absolute atomic E-state index is 12.7. The minimum absolute atomic E-state index is 0.311. The summed E-state index contributed by atoms with van der Waals surface area (Å²) in [6, 6.07) is 1.84. The van der Waals surface area contributed by atoms with Crippen molar-refractivity contribution in [2.24, 2.45) is 0 Å². The summed E-state index contributed by atoms with van der Waals surface area (Å²) in [6.45, 7) is 6.63. The number of nitrogens with zero attached hydrogens (tertiary/aromatic N) is 1. The third-order valence-electron chi connectivity index (χ3n) is 1.13. The fraction of sp³-hybridized carbons (Fsp3) is 0.222. The first kappa shape index (κ1) is 9.64. The van der Waals surface area contributed by atoms with Crippen LogP contribution in [-0.4, -0.2) is 0 Å². The van der Waals surface area contributed by atoms with Crippen LogP contribution in [0.25, 0.3) is 0 Å². The lowest BCUT2D eigenvalue weighted by Gasteiger charge is -1.91. The Morgan fingerprint density at radius 3 is 2.45 bits per heavy atom. The van der Waals surface area contributed by atoms with E-state index in [1.54, 1.807) is 19.9 Å². The van der Waals surface area contributed by atoms with Crippen LogP contribution in [-0.2, 0) is 0 Å². The van der Waals surface area contributed by atoms with Crippen molar-refractivity contribution < 1.29 is 4.39 Å². The Kier molecular flexibility index (Phi) is 3.90. The highest BCUT2D eigenvalue weighted by Crippen LogP contribution is 2.10. The zero-order valence-electron chi connectivity index (χ0n) is 6.69. The summed E-state index contributed by atoms with van der Waals surface area (Å²) in [4.78, 5) is 0. The summed E-state index contributed by atoms with van der Waals surface area (Å²) in [5, 5.41) is 8.40. The monoisotopic (exact) mass is 151 g/mol. The molecule has 0 aromatic heterocycles. The second kappa shape index (κ2) is 4.45. The molecule has 0 aliphatic heterocycles. The topological polar surface area (TPSA) is 23.8 Å². The second-order valence-corrected chi connectivity index (χ2v) is 2.13. The van der Waals surface area contributed by atoms with Gasteiger partial charge in [-0.3, -0.25) is 0 Å². The maximum Gasteiger partial charge on any atom is 0.126 e. The lowest BCUT2D eigenvalue weighted by atomic mass is 10.2. The van der Waals surface area contributed by atoms with Gasteiger partial charge in [0.05, 0.1) is 11.6 Å². The molecule has 0 atom stereocenters. The number of hydrogen-bond donors (Lipinski definition) is 0. The van der Waals surface area contributed by atoms with Gasteiger partial charge in [-0.1, -0.05) is 12.7 Å². The van der Waals surface area contributed by atoms with Crippen LogP contribution >= 0.6 is 0 Å². The van der Waals surface area contributed by atoms with Crippen LogP contribution < -0.4 is 0 Å². The highest BCUT2D eigenvalue weighted by Gasteiger charge is 1.95. The van der Waals surface area contributed by atoms with E-state index in [1.807, 2.05) is 6.07 Å². The van der Waals surface area contributed by atoms with Crippen molar-refractivity contribution in [2.75, 3.05) is 0 Å². The standard InChI is InChI=1S/C9H10FN/c1-4-8(6-11)5-9(10)7(2)3/h4-5H,2H2,1,3H3. The van der Waals surface area contributed by atoms with Crippen LogP contribution in [0.5, 0.6) is 0 Å². The molecule has 0 aromatic rings. The van der Waals surface area contributed by atoms with Gasteiger partial charge >= 0.3 is 0 Å². The number of rotatable bonds is 2. The highest BCUT2D eigenvalue weighted by atomic mass is 19.1. The first-order valence-electron chi connectivity index (χ1n) is 3.21. The van der Waals surface area contributed by atoms with E-state index in [2.05, 4.69) is 6.58 Å². The molecule has 0 fully saturated rings. The molecule has 0 amide bonds. The smallest absolute Gasteiger partial charge is 0.126 e. The molecule has 0 saturated heterocycles. The first-order chi connectivity index (χ1) is 5.11. The molecule has 2 heteroatoms. The van der Waals surface area contributed by atoms with E-state index in [0.29, 0.717) is 11.1 Å². The molecule has 0 heterocycles. The molecular weight excluding hydrogens is 141 g/mol. The zero-order chi connectivity index (χ0) is 8.85. The average molecular weight is 151 g/mol. The molecule has 0 rings (SSSR count). The van der Waals surface area contributed by atoms with Crippen LogP contribution in [0, 0.1) is 11.3 Å². The molecule has 0 saturated carbocycles. The van der Waals surface area contributed by atoms with Crippen molar-refractivity contribution in [1.82, 2.24) is 0 Å². The van der Waals surface area contributed by atoms with Crippen molar-refractivity contribution in [3.8, 4) is 6.07 Å². The Morgan fingerprint density at radius 1 is 1.64 bits per heavy atom. The minimum atomic E-state index is -0.445. The van der Waals surface area contributed by atoms with Crippen molar-refractivity contribution in [1.29, 1.82) is 5.26 Å².